The van der Waals surface area contributed by atoms with Gasteiger partial charge in [-0.1, -0.05) is 6.07 Å². The van der Waals surface area contributed by atoms with Gasteiger partial charge in [0.05, 0.1) is 0 Å². The number of H-pyrrole nitrogens is 1. The minimum Gasteiger partial charge on any atom is -0.350 e. The Kier molecular flexibility index (Phi) is 3.22. The minimum atomic E-state index is -0.328. The molecule has 0 bridgehead atoms. The molecule has 3 rings (SSSR count). The number of carbonyl (C=O) groups is 1. The number of anilines is 1. The highest BCUT2D eigenvalue weighted by Gasteiger charge is 2.10. The van der Waals surface area contributed by atoms with Gasteiger partial charge in [0.1, 0.15) is 11.5 Å². The van der Waals surface area contributed by atoms with E-state index >= 15 is 0 Å². The average Bonchev–Trinajstić information content (AvgIpc) is 2.80. The predicted octanol–water partition coefficient (Wildman–Crippen LogP) is 4.18. The second-order valence-corrected chi connectivity index (χ2v) is 5.25. The molecule has 0 unspecified atom stereocenters. The summed E-state index contributed by atoms with van der Waals surface area (Å²) < 4.78 is 13.2. The Morgan fingerprint density at radius 1 is 1.05 bits per heavy atom. The van der Waals surface area contributed by atoms with Gasteiger partial charge in [-0.3, -0.25) is 4.79 Å². The van der Waals surface area contributed by atoms with Gasteiger partial charge in [-0.15, -0.1) is 0 Å². The van der Waals surface area contributed by atoms with Crippen molar-refractivity contribution >= 4 is 22.5 Å². The summed E-state index contributed by atoms with van der Waals surface area (Å²) >= 11 is 0. The largest absolute Gasteiger partial charge is 0.350 e. The van der Waals surface area contributed by atoms with Crippen LogP contribution in [0.25, 0.3) is 10.9 Å². The summed E-state index contributed by atoms with van der Waals surface area (Å²) in [6.07, 6.45) is 0. The van der Waals surface area contributed by atoms with Gasteiger partial charge in [-0.2, -0.15) is 0 Å². The molecule has 4 heteroatoms. The number of rotatable bonds is 2. The standard InChI is InChI=1S/C17H15FN2O/c1-10-5-11(2)7-14(6-10)19-17(21)16-8-12-3-4-13(18)9-15(12)20-16/h3-9,20H,1-2H3,(H,19,21). The van der Waals surface area contributed by atoms with Crippen LogP contribution in [0.3, 0.4) is 0 Å². The number of nitrogens with one attached hydrogen (secondary N) is 2. The van der Waals surface area contributed by atoms with Crippen molar-refractivity contribution < 1.29 is 9.18 Å². The van der Waals surface area contributed by atoms with Gasteiger partial charge in [0.15, 0.2) is 0 Å². The van der Waals surface area contributed by atoms with E-state index < -0.39 is 0 Å². The minimum absolute atomic E-state index is 0.239. The fourth-order valence-electron chi connectivity index (χ4n) is 2.47. The highest BCUT2D eigenvalue weighted by atomic mass is 19.1. The van der Waals surface area contributed by atoms with Crippen molar-refractivity contribution in [3.05, 3.63) is 65.1 Å². The molecule has 1 aromatic heterocycles. The van der Waals surface area contributed by atoms with Crippen molar-refractivity contribution in [2.45, 2.75) is 13.8 Å². The van der Waals surface area contributed by atoms with E-state index in [4.69, 9.17) is 0 Å². The van der Waals surface area contributed by atoms with Gasteiger partial charge in [-0.05, 0) is 61.4 Å². The third-order valence-corrected chi connectivity index (χ3v) is 3.31. The smallest absolute Gasteiger partial charge is 0.272 e. The highest BCUT2D eigenvalue weighted by molar-refractivity contribution is 6.06. The number of benzene rings is 2. The first-order valence-electron chi connectivity index (χ1n) is 6.69. The van der Waals surface area contributed by atoms with Crippen LogP contribution in [0.2, 0.25) is 0 Å². The van der Waals surface area contributed by atoms with Crippen LogP contribution in [0, 0.1) is 19.7 Å². The molecule has 106 valence electrons. The number of hydrogen-bond acceptors (Lipinski definition) is 1. The third kappa shape index (κ3) is 2.79. The van der Waals surface area contributed by atoms with E-state index in [1.54, 1.807) is 12.1 Å². The van der Waals surface area contributed by atoms with Gasteiger partial charge in [0, 0.05) is 16.6 Å². The van der Waals surface area contributed by atoms with Gasteiger partial charge < -0.3 is 10.3 Å². The molecule has 0 aliphatic rings. The van der Waals surface area contributed by atoms with Gasteiger partial charge in [-0.25, -0.2) is 4.39 Å². The molecular weight excluding hydrogens is 267 g/mol. The second kappa shape index (κ2) is 5.05. The summed E-state index contributed by atoms with van der Waals surface area (Å²) in [6.45, 7) is 3.96. The summed E-state index contributed by atoms with van der Waals surface area (Å²) in [5.74, 6) is -0.567. The Bertz CT molecular complexity index is 816. The highest BCUT2D eigenvalue weighted by Crippen LogP contribution is 2.19. The van der Waals surface area contributed by atoms with Crippen LogP contribution < -0.4 is 5.32 Å². The molecule has 2 N–H and O–H groups in total. The van der Waals surface area contributed by atoms with E-state index in [9.17, 15) is 9.18 Å². The van der Waals surface area contributed by atoms with Gasteiger partial charge >= 0.3 is 0 Å². The summed E-state index contributed by atoms with van der Waals surface area (Å²) in [5.41, 5.74) is 3.95. The topological polar surface area (TPSA) is 44.9 Å². The fraction of sp³-hybridized carbons (Fsp3) is 0.118. The molecule has 1 heterocycles. The van der Waals surface area contributed by atoms with Crippen molar-refractivity contribution in [3.8, 4) is 0 Å². The predicted molar refractivity (Wildman–Crippen MR) is 82.1 cm³/mol. The zero-order valence-corrected chi connectivity index (χ0v) is 11.8. The Labute approximate surface area is 121 Å². The Morgan fingerprint density at radius 2 is 1.76 bits per heavy atom. The molecule has 1 amide bonds. The quantitative estimate of drug-likeness (QED) is 0.727. The monoisotopic (exact) mass is 282 g/mol. The first kappa shape index (κ1) is 13.4. The Morgan fingerprint density at radius 3 is 2.48 bits per heavy atom. The number of amides is 1. The lowest BCUT2D eigenvalue weighted by Gasteiger charge is -2.06. The molecule has 0 spiro atoms. The van der Waals surface area contributed by atoms with Crippen LogP contribution in [-0.4, -0.2) is 10.9 Å². The molecule has 0 aliphatic carbocycles. The van der Waals surface area contributed by atoms with Crippen LogP contribution >= 0.6 is 0 Å². The zero-order valence-electron chi connectivity index (χ0n) is 11.8. The number of halogens is 1. The SMILES string of the molecule is Cc1cc(C)cc(NC(=O)c2cc3ccc(F)cc3[nH]2)c1. The maximum atomic E-state index is 13.2. The van der Waals surface area contributed by atoms with Crippen LogP contribution in [0.4, 0.5) is 10.1 Å². The summed E-state index contributed by atoms with van der Waals surface area (Å²) in [7, 11) is 0. The first-order valence-corrected chi connectivity index (χ1v) is 6.69. The summed E-state index contributed by atoms with van der Waals surface area (Å²) in [6, 6.07) is 12.0. The van der Waals surface area contributed by atoms with E-state index in [0.29, 0.717) is 11.2 Å². The van der Waals surface area contributed by atoms with E-state index in [1.165, 1.54) is 12.1 Å². The number of hydrogen-bond donors (Lipinski definition) is 2. The normalized spacial score (nSPS) is 10.8. The molecule has 3 aromatic rings. The molecule has 0 atom stereocenters. The number of carbonyl (C=O) groups excluding carboxylic acids is 1. The summed E-state index contributed by atoms with van der Waals surface area (Å²) in [5, 5.41) is 3.66. The van der Waals surface area contributed by atoms with Gasteiger partial charge in [0.2, 0.25) is 0 Å². The first-order chi connectivity index (χ1) is 10.0. The van der Waals surface area contributed by atoms with E-state index in [-0.39, 0.29) is 11.7 Å². The van der Waals surface area contributed by atoms with Gasteiger partial charge in [0.25, 0.3) is 5.91 Å². The zero-order chi connectivity index (χ0) is 15.0. The number of aromatic amines is 1. The van der Waals surface area contributed by atoms with Crippen LogP contribution in [-0.2, 0) is 0 Å². The molecule has 0 fully saturated rings. The van der Waals surface area contributed by atoms with Crippen molar-refractivity contribution in [2.24, 2.45) is 0 Å². The molecule has 3 nitrogen and oxygen atoms in total. The van der Waals surface area contributed by atoms with Crippen molar-refractivity contribution in [2.75, 3.05) is 5.32 Å². The number of fused-ring (bicyclic) bond motifs is 1. The lowest BCUT2D eigenvalue weighted by Crippen LogP contribution is -2.12. The Hall–Kier alpha value is -2.62. The van der Waals surface area contributed by atoms with E-state index in [2.05, 4.69) is 10.3 Å². The molecule has 0 saturated heterocycles. The molecule has 2 aromatic carbocycles. The van der Waals surface area contributed by atoms with Crippen LogP contribution in [0.1, 0.15) is 21.6 Å². The van der Waals surface area contributed by atoms with Crippen molar-refractivity contribution in [3.63, 3.8) is 0 Å². The summed E-state index contributed by atoms with van der Waals surface area (Å²) in [4.78, 5) is 15.2. The number of aromatic nitrogens is 1. The van der Waals surface area contributed by atoms with Crippen molar-refractivity contribution in [1.82, 2.24) is 4.98 Å². The molecule has 0 aliphatic heterocycles. The number of aryl methyl sites for hydroxylation is 2. The lowest BCUT2D eigenvalue weighted by molar-refractivity contribution is 0.102. The molecule has 0 saturated carbocycles. The fourth-order valence-corrected chi connectivity index (χ4v) is 2.47. The molecular formula is C17H15FN2O. The molecule has 0 radical (unpaired) electrons. The maximum Gasteiger partial charge on any atom is 0.272 e. The third-order valence-electron chi connectivity index (χ3n) is 3.31. The molecule has 21 heavy (non-hydrogen) atoms. The second-order valence-electron chi connectivity index (χ2n) is 5.25. The average molecular weight is 282 g/mol. The van der Waals surface area contributed by atoms with Crippen molar-refractivity contribution in [1.29, 1.82) is 0 Å². The van der Waals surface area contributed by atoms with E-state index in [0.717, 1.165) is 22.2 Å². The van der Waals surface area contributed by atoms with Crippen LogP contribution in [0.15, 0.2) is 42.5 Å². The lowest BCUT2D eigenvalue weighted by atomic mass is 10.1. The van der Waals surface area contributed by atoms with E-state index in [1.807, 2.05) is 32.0 Å². The Balaban J connectivity index is 1.89. The van der Waals surface area contributed by atoms with Crippen LogP contribution in [0.5, 0.6) is 0 Å². The maximum absolute atomic E-state index is 13.2.